The van der Waals surface area contributed by atoms with E-state index in [4.69, 9.17) is 5.26 Å². The van der Waals surface area contributed by atoms with Crippen LogP contribution >= 0.6 is 0 Å². The molecule has 1 rings (SSSR count). The average molecular weight is 150 g/mol. The van der Waals surface area contributed by atoms with Crippen molar-refractivity contribution in [2.45, 2.75) is 19.8 Å². The van der Waals surface area contributed by atoms with Crippen LogP contribution < -0.4 is 5.32 Å². The largest absolute Gasteiger partial charge is 0.389 e. The van der Waals surface area contributed by atoms with Crippen LogP contribution in [-0.4, -0.2) is 6.54 Å². The predicted molar refractivity (Wildman–Crippen MR) is 44.6 cm³/mol. The first-order valence-corrected chi connectivity index (χ1v) is 4.06. The van der Waals surface area contributed by atoms with E-state index in [2.05, 4.69) is 18.0 Å². The summed E-state index contributed by atoms with van der Waals surface area (Å²) in [6.07, 6.45) is 2.10. The fourth-order valence-corrected chi connectivity index (χ4v) is 1.47. The lowest BCUT2D eigenvalue weighted by atomic mass is 9.94. The van der Waals surface area contributed by atoms with E-state index in [1.807, 2.05) is 6.92 Å². The van der Waals surface area contributed by atoms with Crippen molar-refractivity contribution in [1.82, 2.24) is 5.32 Å². The third kappa shape index (κ3) is 1.98. The van der Waals surface area contributed by atoms with Gasteiger partial charge in [-0.2, -0.15) is 5.26 Å². The molecule has 0 radical (unpaired) electrons. The van der Waals surface area contributed by atoms with Gasteiger partial charge in [0.25, 0.3) is 0 Å². The minimum Gasteiger partial charge on any atom is -0.389 e. The maximum absolute atomic E-state index is 8.58. The summed E-state index contributed by atoms with van der Waals surface area (Å²) in [6.45, 7) is 6.90. The average Bonchev–Trinajstić information content (AvgIpc) is 2.37. The highest BCUT2D eigenvalue weighted by Gasteiger charge is 2.20. The molecule has 0 spiro atoms. The second-order valence-corrected chi connectivity index (χ2v) is 3.20. The second kappa shape index (κ2) is 3.43. The number of nitriles is 1. The van der Waals surface area contributed by atoms with Crippen molar-refractivity contribution < 1.29 is 0 Å². The monoisotopic (exact) mass is 150 g/mol. The van der Waals surface area contributed by atoms with Crippen LogP contribution in [0.25, 0.3) is 0 Å². The van der Waals surface area contributed by atoms with Gasteiger partial charge in [0, 0.05) is 24.1 Å². The molecule has 0 saturated carbocycles. The van der Waals surface area contributed by atoms with Crippen LogP contribution in [0.2, 0.25) is 0 Å². The molecule has 1 heterocycles. The first kappa shape index (κ1) is 8.13. The van der Waals surface area contributed by atoms with Crippen molar-refractivity contribution in [3.05, 3.63) is 12.3 Å². The normalized spacial score (nSPS) is 25.8. The van der Waals surface area contributed by atoms with Crippen molar-refractivity contribution in [2.24, 2.45) is 11.8 Å². The van der Waals surface area contributed by atoms with Gasteiger partial charge >= 0.3 is 0 Å². The summed E-state index contributed by atoms with van der Waals surface area (Å²) < 4.78 is 0. The zero-order valence-electron chi connectivity index (χ0n) is 6.93. The smallest absolute Gasteiger partial charge is 0.0653 e. The van der Waals surface area contributed by atoms with Gasteiger partial charge in [-0.3, -0.25) is 0 Å². The molecule has 2 unspecified atom stereocenters. The molecule has 60 valence electrons. The number of hydrogen-bond donors (Lipinski definition) is 1. The highest BCUT2D eigenvalue weighted by atomic mass is 14.9. The Morgan fingerprint density at radius 1 is 1.91 bits per heavy atom. The Kier molecular flexibility index (Phi) is 2.53. The summed E-state index contributed by atoms with van der Waals surface area (Å²) in [7, 11) is 0. The SMILES string of the molecule is C=C1NCCC1CC(C)C#N. The van der Waals surface area contributed by atoms with Gasteiger partial charge in [-0.15, -0.1) is 0 Å². The third-order valence-corrected chi connectivity index (χ3v) is 2.20. The molecule has 0 aromatic rings. The Balaban J connectivity index is 2.38. The Morgan fingerprint density at radius 3 is 3.09 bits per heavy atom. The summed E-state index contributed by atoms with van der Waals surface area (Å²) in [5.41, 5.74) is 1.12. The Morgan fingerprint density at radius 2 is 2.64 bits per heavy atom. The molecule has 0 amide bonds. The van der Waals surface area contributed by atoms with Gasteiger partial charge in [0.2, 0.25) is 0 Å². The zero-order chi connectivity index (χ0) is 8.27. The molecule has 1 aliphatic rings. The topological polar surface area (TPSA) is 35.8 Å². The van der Waals surface area contributed by atoms with Gasteiger partial charge in [0.15, 0.2) is 0 Å². The lowest BCUT2D eigenvalue weighted by Crippen LogP contribution is -2.07. The van der Waals surface area contributed by atoms with Gasteiger partial charge < -0.3 is 5.32 Å². The summed E-state index contributed by atoms with van der Waals surface area (Å²) in [5, 5.41) is 11.8. The molecule has 2 nitrogen and oxygen atoms in total. The molecule has 1 saturated heterocycles. The van der Waals surface area contributed by atoms with E-state index >= 15 is 0 Å². The standard InChI is InChI=1S/C9H14N2/c1-7(6-10)5-9-3-4-11-8(9)2/h7,9,11H,2-5H2,1H3. The van der Waals surface area contributed by atoms with Crippen LogP contribution in [0.4, 0.5) is 0 Å². The molecule has 0 bridgehead atoms. The highest BCUT2D eigenvalue weighted by molar-refractivity contribution is 5.04. The molecule has 0 aliphatic carbocycles. The number of hydrogen-bond acceptors (Lipinski definition) is 2. The molecular formula is C9H14N2. The van der Waals surface area contributed by atoms with Gasteiger partial charge in [-0.1, -0.05) is 6.58 Å². The van der Waals surface area contributed by atoms with E-state index < -0.39 is 0 Å². The molecule has 1 fully saturated rings. The minimum atomic E-state index is 0.164. The van der Waals surface area contributed by atoms with Crippen molar-refractivity contribution >= 4 is 0 Å². The molecule has 11 heavy (non-hydrogen) atoms. The van der Waals surface area contributed by atoms with Crippen LogP contribution in [0.5, 0.6) is 0 Å². The van der Waals surface area contributed by atoms with E-state index in [-0.39, 0.29) is 5.92 Å². The quantitative estimate of drug-likeness (QED) is 0.649. The molecule has 2 heteroatoms. The maximum atomic E-state index is 8.58. The van der Waals surface area contributed by atoms with Crippen LogP contribution in [0.3, 0.4) is 0 Å². The summed E-state index contributed by atoms with van der Waals surface area (Å²) in [6, 6.07) is 2.24. The Bertz CT molecular complexity index is 190. The molecule has 1 aliphatic heterocycles. The lowest BCUT2D eigenvalue weighted by Gasteiger charge is -2.10. The lowest BCUT2D eigenvalue weighted by molar-refractivity contribution is 0.510. The third-order valence-electron chi connectivity index (χ3n) is 2.20. The number of allylic oxidation sites excluding steroid dienone is 1. The fraction of sp³-hybridized carbons (Fsp3) is 0.667. The van der Waals surface area contributed by atoms with Crippen molar-refractivity contribution in [3.63, 3.8) is 0 Å². The molecule has 2 atom stereocenters. The number of rotatable bonds is 2. The molecular weight excluding hydrogens is 136 g/mol. The zero-order valence-corrected chi connectivity index (χ0v) is 6.93. The Hall–Kier alpha value is -0.970. The van der Waals surface area contributed by atoms with Gasteiger partial charge in [-0.05, 0) is 19.8 Å². The van der Waals surface area contributed by atoms with Crippen molar-refractivity contribution in [1.29, 1.82) is 5.26 Å². The fourth-order valence-electron chi connectivity index (χ4n) is 1.47. The summed E-state index contributed by atoms with van der Waals surface area (Å²) in [4.78, 5) is 0. The predicted octanol–water partition coefficient (Wildman–Crippen LogP) is 1.66. The minimum absolute atomic E-state index is 0.164. The second-order valence-electron chi connectivity index (χ2n) is 3.20. The van der Waals surface area contributed by atoms with E-state index in [1.54, 1.807) is 0 Å². The van der Waals surface area contributed by atoms with Gasteiger partial charge in [0.05, 0.1) is 6.07 Å². The molecule has 1 N–H and O–H groups in total. The van der Waals surface area contributed by atoms with Crippen molar-refractivity contribution in [3.8, 4) is 6.07 Å². The summed E-state index contributed by atoms with van der Waals surface area (Å²) >= 11 is 0. The number of nitrogens with zero attached hydrogens (tertiary/aromatic N) is 1. The van der Waals surface area contributed by atoms with E-state index in [0.717, 1.165) is 25.1 Å². The van der Waals surface area contributed by atoms with E-state index in [0.29, 0.717) is 5.92 Å². The van der Waals surface area contributed by atoms with E-state index in [1.165, 1.54) is 0 Å². The highest BCUT2D eigenvalue weighted by Crippen LogP contribution is 2.24. The van der Waals surface area contributed by atoms with Gasteiger partial charge in [-0.25, -0.2) is 0 Å². The van der Waals surface area contributed by atoms with Crippen LogP contribution in [0, 0.1) is 23.2 Å². The first-order chi connectivity index (χ1) is 5.24. The number of nitrogens with one attached hydrogen (secondary N) is 1. The van der Waals surface area contributed by atoms with E-state index in [9.17, 15) is 0 Å². The molecule has 0 aromatic carbocycles. The Labute approximate surface area is 67.9 Å². The van der Waals surface area contributed by atoms with Crippen LogP contribution in [0.15, 0.2) is 12.3 Å². The summed E-state index contributed by atoms with van der Waals surface area (Å²) in [5.74, 6) is 0.696. The first-order valence-electron chi connectivity index (χ1n) is 4.06. The van der Waals surface area contributed by atoms with Crippen molar-refractivity contribution in [2.75, 3.05) is 6.54 Å². The molecule has 0 aromatic heterocycles. The van der Waals surface area contributed by atoms with Crippen LogP contribution in [-0.2, 0) is 0 Å². The van der Waals surface area contributed by atoms with Crippen LogP contribution in [0.1, 0.15) is 19.8 Å². The maximum Gasteiger partial charge on any atom is 0.0653 e. The van der Waals surface area contributed by atoms with Gasteiger partial charge in [0.1, 0.15) is 0 Å².